The van der Waals surface area contributed by atoms with E-state index in [-0.39, 0.29) is 0 Å². The summed E-state index contributed by atoms with van der Waals surface area (Å²) in [7, 11) is 0. The van der Waals surface area contributed by atoms with E-state index >= 15 is 0 Å². The second-order valence-electron chi connectivity index (χ2n) is 4.84. The maximum Gasteiger partial charge on any atom is 0.0778 e. The summed E-state index contributed by atoms with van der Waals surface area (Å²) < 4.78 is 0. The molecule has 0 aliphatic heterocycles. The van der Waals surface area contributed by atoms with Crippen LogP contribution in [0.15, 0.2) is 30.5 Å². The second kappa shape index (κ2) is 3.42. The van der Waals surface area contributed by atoms with Gasteiger partial charge in [0.05, 0.1) is 17.4 Å². The Morgan fingerprint density at radius 1 is 1.17 bits per heavy atom. The first kappa shape index (κ1) is 9.83. The number of pyridine rings is 1. The van der Waals surface area contributed by atoms with Gasteiger partial charge in [0.15, 0.2) is 0 Å². The monoisotopic (exact) mass is 235 g/mol. The van der Waals surface area contributed by atoms with E-state index in [4.69, 9.17) is 4.98 Å². The molecule has 2 heterocycles. The Kier molecular flexibility index (Phi) is 1.87. The zero-order valence-electron chi connectivity index (χ0n) is 10.2. The zero-order chi connectivity index (χ0) is 12.1. The third-order valence-electron chi connectivity index (χ3n) is 3.88. The highest BCUT2D eigenvalue weighted by Crippen LogP contribution is 2.35. The van der Waals surface area contributed by atoms with Crippen LogP contribution in [0.1, 0.15) is 16.8 Å². The van der Waals surface area contributed by atoms with Crippen LogP contribution >= 0.6 is 0 Å². The summed E-state index contributed by atoms with van der Waals surface area (Å²) in [5, 5.41) is 8.49. The van der Waals surface area contributed by atoms with Crippen LogP contribution < -0.4 is 0 Å². The van der Waals surface area contributed by atoms with Crippen molar-refractivity contribution in [2.75, 3.05) is 0 Å². The fraction of sp³-hybridized carbons (Fsp3) is 0.200. The lowest BCUT2D eigenvalue weighted by molar-refractivity contribution is 0.871. The Balaban J connectivity index is 2.13. The molecule has 1 aliphatic rings. The molecule has 1 aliphatic carbocycles. The van der Waals surface area contributed by atoms with E-state index in [0.29, 0.717) is 0 Å². The van der Waals surface area contributed by atoms with Gasteiger partial charge in [-0.2, -0.15) is 5.10 Å². The topological polar surface area (TPSA) is 41.6 Å². The van der Waals surface area contributed by atoms with Crippen molar-refractivity contribution in [3.05, 3.63) is 47.3 Å². The van der Waals surface area contributed by atoms with Gasteiger partial charge in [-0.3, -0.25) is 5.10 Å². The molecular weight excluding hydrogens is 222 g/mol. The zero-order valence-corrected chi connectivity index (χ0v) is 10.2. The predicted octanol–water partition coefficient (Wildman–Crippen LogP) is 3.03. The summed E-state index contributed by atoms with van der Waals surface area (Å²) in [6.07, 6.45) is 3.98. The highest BCUT2D eigenvalue weighted by Gasteiger charge is 2.21. The molecule has 4 rings (SSSR count). The number of fused-ring (bicyclic) bond motifs is 4. The molecule has 2 aromatic heterocycles. The SMILES string of the molecule is Cc1c2c(nc3ccccc13)-c1cn[nH]c1CC2. The van der Waals surface area contributed by atoms with Gasteiger partial charge < -0.3 is 0 Å². The lowest BCUT2D eigenvalue weighted by Crippen LogP contribution is -2.07. The first-order valence-corrected chi connectivity index (χ1v) is 6.25. The number of hydrogen-bond donors (Lipinski definition) is 1. The number of H-pyrrole nitrogens is 1. The van der Waals surface area contributed by atoms with Crippen molar-refractivity contribution in [2.24, 2.45) is 0 Å². The molecule has 3 heteroatoms. The molecular formula is C15H13N3. The lowest BCUT2D eigenvalue weighted by atomic mass is 9.89. The Bertz CT molecular complexity index is 756. The quantitative estimate of drug-likeness (QED) is 0.650. The maximum atomic E-state index is 4.83. The van der Waals surface area contributed by atoms with Gasteiger partial charge in [-0.15, -0.1) is 0 Å². The molecule has 0 fully saturated rings. The third kappa shape index (κ3) is 1.19. The number of benzene rings is 1. The highest BCUT2D eigenvalue weighted by molar-refractivity contribution is 5.87. The number of nitrogens with zero attached hydrogens (tertiary/aromatic N) is 2. The smallest absolute Gasteiger partial charge is 0.0778 e. The number of hydrogen-bond acceptors (Lipinski definition) is 2. The Morgan fingerprint density at radius 3 is 3.00 bits per heavy atom. The Labute approximate surface area is 105 Å². The standard InChI is InChI=1S/C15H13N3/c1-9-10-4-2-3-5-13(10)17-15-11(9)6-7-14-12(15)8-16-18-14/h2-5,8H,6-7H2,1H3,(H,16,18). The van der Waals surface area contributed by atoms with Crippen molar-refractivity contribution in [3.63, 3.8) is 0 Å². The molecule has 0 radical (unpaired) electrons. The van der Waals surface area contributed by atoms with Crippen molar-refractivity contribution in [3.8, 4) is 11.3 Å². The summed E-state index contributed by atoms with van der Waals surface area (Å²) in [4.78, 5) is 4.83. The van der Waals surface area contributed by atoms with Gasteiger partial charge in [0, 0.05) is 16.6 Å². The molecule has 3 aromatic rings. The molecule has 0 saturated heterocycles. The van der Waals surface area contributed by atoms with Gasteiger partial charge in [0.2, 0.25) is 0 Å². The van der Waals surface area contributed by atoms with E-state index in [1.165, 1.54) is 27.8 Å². The van der Waals surface area contributed by atoms with Crippen molar-refractivity contribution < 1.29 is 0 Å². The van der Waals surface area contributed by atoms with E-state index < -0.39 is 0 Å². The number of aromatic nitrogens is 3. The molecule has 3 nitrogen and oxygen atoms in total. The first-order chi connectivity index (χ1) is 8.84. The number of para-hydroxylation sites is 1. The largest absolute Gasteiger partial charge is 0.282 e. The van der Waals surface area contributed by atoms with Crippen molar-refractivity contribution in [1.29, 1.82) is 0 Å². The summed E-state index contributed by atoms with van der Waals surface area (Å²) in [6, 6.07) is 8.36. The van der Waals surface area contributed by atoms with Crippen LogP contribution in [-0.2, 0) is 12.8 Å². The molecule has 0 bridgehead atoms. The van der Waals surface area contributed by atoms with Crippen LogP contribution in [0.5, 0.6) is 0 Å². The van der Waals surface area contributed by atoms with Crippen molar-refractivity contribution >= 4 is 10.9 Å². The minimum atomic E-state index is 1.03. The van der Waals surface area contributed by atoms with Gasteiger partial charge in [-0.1, -0.05) is 18.2 Å². The average Bonchev–Trinajstić information content (AvgIpc) is 2.88. The maximum absolute atomic E-state index is 4.83. The molecule has 0 atom stereocenters. The summed E-state index contributed by atoms with van der Waals surface area (Å²) in [5.74, 6) is 0. The van der Waals surface area contributed by atoms with E-state index in [1.807, 2.05) is 12.3 Å². The minimum absolute atomic E-state index is 1.03. The van der Waals surface area contributed by atoms with Crippen LogP contribution in [0, 0.1) is 6.92 Å². The number of aromatic amines is 1. The van der Waals surface area contributed by atoms with Crippen molar-refractivity contribution in [2.45, 2.75) is 19.8 Å². The number of rotatable bonds is 0. The number of aryl methyl sites for hydroxylation is 2. The van der Waals surface area contributed by atoms with E-state index in [2.05, 4.69) is 35.3 Å². The molecule has 88 valence electrons. The molecule has 0 spiro atoms. The van der Waals surface area contributed by atoms with Crippen LogP contribution in [0.4, 0.5) is 0 Å². The van der Waals surface area contributed by atoms with Gasteiger partial charge in [-0.25, -0.2) is 4.98 Å². The fourth-order valence-corrected chi connectivity index (χ4v) is 2.90. The summed E-state index contributed by atoms with van der Waals surface area (Å²) >= 11 is 0. The van der Waals surface area contributed by atoms with Gasteiger partial charge in [0.1, 0.15) is 0 Å². The van der Waals surface area contributed by atoms with Gasteiger partial charge >= 0.3 is 0 Å². The summed E-state index contributed by atoms with van der Waals surface area (Å²) in [5.41, 5.74) is 7.31. The summed E-state index contributed by atoms with van der Waals surface area (Å²) in [6.45, 7) is 2.20. The molecule has 0 amide bonds. The molecule has 0 unspecified atom stereocenters. The van der Waals surface area contributed by atoms with Gasteiger partial charge in [-0.05, 0) is 37.0 Å². The number of nitrogens with one attached hydrogen (secondary N) is 1. The second-order valence-corrected chi connectivity index (χ2v) is 4.84. The molecule has 1 aromatic carbocycles. The van der Waals surface area contributed by atoms with Gasteiger partial charge in [0.25, 0.3) is 0 Å². The predicted molar refractivity (Wildman–Crippen MR) is 71.5 cm³/mol. The van der Waals surface area contributed by atoms with E-state index in [0.717, 1.165) is 24.1 Å². The van der Waals surface area contributed by atoms with Crippen LogP contribution in [-0.4, -0.2) is 15.2 Å². The van der Waals surface area contributed by atoms with E-state index in [9.17, 15) is 0 Å². The normalized spacial score (nSPS) is 13.4. The third-order valence-corrected chi connectivity index (χ3v) is 3.88. The Hall–Kier alpha value is -2.16. The first-order valence-electron chi connectivity index (χ1n) is 6.25. The highest BCUT2D eigenvalue weighted by atomic mass is 15.1. The fourth-order valence-electron chi connectivity index (χ4n) is 2.90. The average molecular weight is 235 g/mol. The van der Waals surface area contributed by atoms with Crippen LogP contribution in [0.2, 0.25) is 0 Å². The van der Waals surface area contributed by atoms with E-state index in [1.54, 1.807) is 0 Å². The Morgan fingerprint density at radius 2 is 2.06 bits per heavy atom. The molecule has 18 heavy (non-hydrogen) atoms. The van der Waals surface area contributed by atoms with Crippen molar-refractivity contribution in [1.82, 2.24) is 15.2 Å². The molecule has 1 N–H and O–H groups in total. The van der Waals surface area contributed by atoms with Crippen LogP contribution in [0.3, 0.4) is 0 Å². The lowest BCUT2D eigenvalue weighted by Gasteiger charge is -2.18. The molecule has 0 saturated carbocycles. The minimum Gasteiger partial charge on any atom is -0.282 e. The van der Waals surface area contributed by atoms with Crippen LogP contribution in [0.25, 0.3) is 22.2 Å².